The molecule has 2 aromatic rings. The number of aryl methyl sites for hydroxylation is 1. The zero-order valence-corrected chi connectivity index (χ0v) is 8.80. The molecule has 0 radical (unpaired) electrons. The predicted octanol–water partition coefficient (Wildman–Crippen LogP) is 3.35. The largest absolute Gasteiger partial charge is 0.421 e. The molecule has 0 aliphatic heterocycles. The van der Waals surface area contributed by atoms with Crippen LogP contribution in [0.25, 0.3) is 11.5 Å². The molecule has 0 aliphatic carbocycles. The first-order valence-electron chi connectivity index (χ1n) is 3.93. The van der Waals surface area contributed by atoms with Crippen molar-refractivity contribution in [3.05, 3.63) is 34.1 Å². The van der Waals surface area contributed by atoms with Crippen molar-refractivity contribution in [3.63, 3.8) is 0 Å². The number of halogens is 2. The predicted molar refractivity (Wildman–Crippen MR) is 54.5 cm³/mol. The smallest absolute Gasteiger partial charge is 0.250 e. The van der Waals surface area contributed by atoms with Gasteiger partial charge in [0, 0.05) is 6.92 Å². The first kappa shape index (κ1) is 9.49. The van der Waals surface area contributed by atoms with E-state index in [1.165, 1.54) is 0 Å². The summed E-state index contributed by atoms with van der Waals surface area (Å²) in [6.07, 6.45) is 0. The molecule has 0 unspecified atom stereocenters. The van der Waals surface area contributed by atoms with Crippen LogP contribution >= 0.6 is 23.2 Å². The molecule has 0 saturated heterocycles. The van der Waals surface area contributed by atoms with E-state index >= 15 is 0 Å². The Labute approximate surface area is 90.7 Å². The first-order chi connectivity index (χ1) is 6.68. The van der Waals surface area contributed by atoms with E-state index in [1.54, 1.807) is 25.1 Å². The van der Waals surface area contributed by atoms with Crippen LogP contribution in [0.1, 0.15) is 5.89 Å². The van der Waals surface area contributed by atoms with Gasteiger partial charge in [0.2, 0.25) is 5.89 Å². The fourth-order valence-corrected chi connectivity index (χ4v) is 1.66. The van der Waals surface area contributed by atoms with Crippen LogP contribution in [-0.2, 0) is 0 Å². The quantitative estimate of drug-likeness (QED) is 0.752. The maximum absolute atomic E-state index is 5.96. The highest BCUT2D eigenvalue weighted by atomic mass is 35.5. The van der Waals surface area contributed by atoms with Crippen molar-refractivity contribution in [1.82, 2.24) is 10.2 Å². The van der Waals surface area contributed by atoms with E-state index in [9.17, 15) is 0 Å². The maximum Gasteiger partial charge on any atom is 0.250 e. The second-order valence-electron chi connectivity index (χ2n) is 2.72. The Morgan fingerprint density at radius 2 is 1.79 bits per heavy atom. The van der Waals surface area contributed by atoms with Crippen molar-refractivity contribution in [1.29, 1.82) is 0 Å². The van der Waals surface area contributed by atoms with Crippen LogP contribution in [0.4, 0.5) is 0 Å². The van der Waals surface area contributed by atoms with Crippen LogP contribution in [0, 0.1) is 6.92 Å². The van der Waals surface area contributed by atoms with Gasteiger partial charge in [-0.1, -0.05) is 29.3 Å². The molecular formula is C9H6Cl2N2O. The summed E-state index contributed by atoms with van der Waals surface area (Å²) >= 11 is 11.9. The highest BCUT2D eigenvalue weighted by Gasteiger charge is 2.13. The zero-order valence-electron chi connectivity index (χ0n) is 7.29. The maximum atomic E-state index is 5.96. The molecule has 1 aromatic heterocycles. The molecular weight excluding hydrogens is 223 g/mol. The minimum absolute atomic E-state index is 0.345. The van der Waals surface area contributed by atoms with Gasteiger partial charge in [-0.3, -0.25) is 0 Å². The fourth-order valence-electron chi connectivity index (χ4n) is 1.10. The highest BCUT2D eigenvalue weighted by Crippen LogP contribution is 2.33. The van der Waals surface area contributed by atoms with Gasteiger partial charge < -0.3 is 4.42 Å². The number of benzene rings is 1. The highest BCUT2D eigenvalue weighted by molar-refractivity contribution is 6.38. The lowest BCUT2D eigenvalue weighted by Gasteiger charge is -2.00. The van der Waals surface area contributed by atoms with Gasteiger partial charge in [-0.2, -0.15) is 0 Å². The number of rotatable bonds is 1. The third kappa shape index (κ3) is 1.61. The third-order valence-electron chi connectivity index (χ3n) is 1.70. The molecule has 0 atom stereocenters. The van der Waals surface area contributed by atoms with Gasteiger partial charge in [0.05, 0.1) is 15.6 Å². The summed E-state index contributed by atoms with van der Waals surface area (Å²) in [5.74, 6) is 0.828. The van der Waals surface area contributed by atoms with Crippen LogP contribution in [0.2, 0.25) is 10.0 Å². The molecule has 0 saturated carbocycles. The Bertz CT molecular complexity index is 447. The topological polar surface area (TPSA) is 38.9 Å². The van der Waals surface area contributed by atoms with Crippen molar-refractivity contribution in [2.75, 3.05) is 0 Å². The summed E-state index contributed by atoms with van der Waals surface area (Å²) in [5.41, 5.74) is 0.580. The molecule has 2 rings (SSSR count). The van der Waals surface area contributed by atoms with Gasteiger partial charge in [-0.05, 0) is 12.1 Å². The summed E-state index contributed by atoms with van der Waals surface area (Å²) in [6.45, 7) is 1.71. The zero-order chi connectivity index (χ0) is 10.1. The second kappa shape index (κ2) is 3.59. The molecule has 0 aliphatic rings. The van der Waals surface area contributed by atoms with Crippen LogP contribution in [0.5, 0.6) is 0 Å². The summed E-state index contributed by atoms with van der Waals surface area (Å²) in [4.78, 5) is 0. The molecule has 0 amide bonds. The van der Waals surface area contributed by atoms with Crippen LogP contribution in [0.3, 0.4) is 0 Å². The minimum Gasteiger partial charge on any atom is -0.421 e. The van der Waals surface area contributed by atoms with E-state index in [1.807, 2.05) is 0 Å². The number of nitrogens with zero attached hydrogens (tertiary/aromatic N) is 2. The molecule has 0 spiro atoms. The molecule has 0 N–H and O–H groups in total. The second-order valence-corrected chi connectivity index (χ2v) is 3.54. The molecule has 1 heterocycles. The number of aromatic nitrogens is 2. The summed E-state index contributed by atoms with van der Waals surface area (Å²) < 4.78 is 5.24. The summed E-state index contributed by atoms with van der Waals surface area (Å²) in [6, 6.07) is 5.21. The van der Waals surface area contributed by atoms with E-state index in [2.05, 4.69) is 10.2 Å². The fraction of sp³-hybridized carbons (Fsp3) is 0.111. The molecule has 72 valence electrons. The molecule has 14 heavy (non-hydrogen) atoms. The van der Waals surface area contributed by atoms with E-state index in [0.717, 1.165) is 0 Å². The Morgan fingerprint density at radius 3 is 2.29 bits per heavy atom. The van der Waals surface area contributed by atoms with Crippen molar-refractivity contribution < 1.29 is 4.42 Å². The Morgan fingerprint density at radius 1 is 1.14 bits per heavy atom. The van der Waals surface area contributed by atoms with Crippen LogP contribution in [-0.4, -0.2) is 10.2 Å². The Balaban J connectivity index is 2.61. The lowest BCUT2D eigenvalue weighted by molar-refractivity contribution is 0.533. The van der Waals surface area contributed by atoms with Gasteiger partial charge in [0.25, 0.3) is 5.89 Å². The molecule has 3 nitrogen and oxygen atoms in total. The van der Waals surface area contributed by atoms with E-state index in [4.69, 9.17) is 27.6 Å². The minimum atomic E-state index is 0.345. The Kier molecular flexibility index (Phi) is 2.44. The van der Waals surface area contributed by atoms with Gasteiger partial charge in [-0.25, -0.2) is 0 Å². The van der Waals surface area contributed by atoms with Crippen LogP contribution < -0.4 is 0 Å². The lowest BCUT2D eigenvalue weighted by Crippen LogP contribution is -1.81. The third-order valence-corrected chi connectivity index (χ3v) is 2.33. The van der Waals surface area contributed by atoms with E-state index < -0.39 is 0 Å². The van der Waals surface area contributed by atoms with Crippen molar-refractivity contribution >= 4 is 23.2 Å². The normalized spacial score (nSPS) is 10.5. The van der Waals surface area contributed by atoms with Gasteiger partial charge in [-0.15, -0.1) is 10.2 Å². The van der Waals surface area contributed by atoms with Crippen molar-refractivity contribution in [2.45, 2.75) is 6.92 Å². The number of hydrogen-bond acceptors (Lipinski definition) is 3. The molecule has 5 heteroatoms. The summed E-state index contributed by atoms with van der Waals surface area (Å²) in [5, 5.41) is 8.57. The van der Waals surface area contributed by atoms with Gasteiger partial charge in [0.1, 0.15) is 0 Å². The van der Waals surface area contributed by atoms with Gasteiger partial charge in [0.15, 0.2) is 0 Å². The van der Waals surface area contributed by atoms with Gasteiger partial charge >= 0.3 is 0 Å². The number of hydrogen-bond donors (Lipinski definition) is 0. The van der Waals surface area contributed by atoms with Crippen LogP contribution in [0.15, 0.2) is 22.6 Å². The van der Waals surface area contributed by atoms with Crippen molar-refractivity contribution in [3.8, 4) is 11.5 Å². The molecule has 0 fully saturated rings. The molecule has 0 bridgehead atoms. The summed E-state index contributed by atoms with van der Waals surface area (Å²) in [7, 11) is 0. The average molecular weight is 229 g/mol. The first-order valence-corrected chi connectivity index (χ1v) is 4.68. The monoisotopic (exact) mass is 228 g/mol. The molecule has 1 aromatic carbocycles. The average Bonchev–Trinajstić information content (AvgIpc) is 2.51. The van der Waals surface area contributed by atoms with E-state index in [-0.39, 0.29) is 0 Å². The van der Waals surface area contributed by atoms with Crippen molar-refractivity contribution in [2.24, 2.45) is 0 Å². The SMILES string of the molecule is Cc1nnc(-c2c(Cl)cccc2Cl)o1. The lowest BCUT2D eigenvalue weighted by atomic mass is 10.2. The van der Waals surface area contributed by atoms with E-state index in [0.29, 0.717) is 27.4 Å². The Hall–Kier alpha value is -1.06. The standard InChI is InChI=1S/C9H6Cl2N2O/c1-5-12-13-9(14-5)8-6(10)3-2-4-7(8)11/h2-4H,1H3.